The van der Waals surface area contributed by atoms with Crippen LogP contribution in [0.5, 0.6) is 0 Å². The maximum Gasteiger partial charge on any atom is 0.394 e. The topological polar surface area (TPSA) is 101 Å². The van der Waals surface area contributed by atoms with Gasteiger partial charge in [-0.25, -0.2) is 18.7 Å². The number of carbonyl (C=O) groups excluding carboxylic acids is 2. The highest BCUT2D eigenvalue weighted by Crippen LogP contribution is 2.43. The molecule has 3 heterocycles. The number of hydrogen-bond donors (Lipinski definition) is 2. The zero-order valence-electron chi connectivity index (χ0n) is 24.6. The second kappa shape index (κ2) is 12.7. The number of pyridine rings is 1. The molecule has 0 aliphatic heterocycles. The van der Waals surface area contributed by atoms with Gasteiger partial charge in [-0.05, 0) is 55.7 Å². The van der Waals surface area contributed by atoms with Gasteiger partial charge in [-0.1, -0.05) is 6.92 Å². The number of rotatable bonds is 10. The summed E-state index contributed by atoms with van der Waals surface area (Å²) in [4.78, 5) is 38.5. The van der Waals surface area contributed by atoms with Crippen molar-refractivity contribution in [3.05, 3.63) is 59.4 Å². The lowest BCUT2D eigenvalue weighted by Gasteiger charge is -2.33. The van der Waals surface area contributed by atoms with Gasteiger partial charge in [-0.15, -0.1) is 0 Å². The van der Waals surface area contributed by atoms with Crippen molar-refractivity contribution in [3.8, 4) is 0 Å². The molecule has 2 aliphatic carbocycles. The predicted octanol–water partition coefficient (Wildman–Crippen LogP) is 6.68. The van der Waals surface area contributed by atoms with Crippen molar-refractivity contribution >= 4 is 17.6 Å². The van der Waals surface area contributed by atoms with Crippen LogP contribution in [0.2, 0.25) is 0 Å². The smallest absolute Gasteiger partial charge is 0.347 e. The molecule has 3 atom stereocenters. The molecule has 0 spiro atoms. The van der Waals surface area contributed by atoms with Crippen LogP contribution in [0.15, 0.2) is 36.8 Å². The molecular weight excluding hydrogens is 628 g/mol. The highest BCUT2D eigenvalue weighted by molar-refractivity contribution is 5.94. The van der Waals surface area contributed by atoms with Gasteiger partial charge in [0.25, 0.3) is 5.91 Å². The quantitative estimate of drug-likeness (QED) is 0.236. The lowest BCUT2D eigenvalue weighted by molar-refractivity contribution is -0.174. The van der Waals surface area contributed by atoms with Crippen molar-refractivity contribution in [2.75, 3.05) is 0 Å². The van der Waals surface area contributed by atoms with Gasteiger partial charge in [0, 0.05) is 43.4 Å². The highest BCUT2D eigenvalue weighted by atomic mass is 19.4. The van der Waals surface area contributed by atoms with Crippen LogP contribution in [0.3, 0.4) is 0 Å². The number of alkyl halides is 8. The van der Waals surface area contributed by atoms with E-state index in [0.29, 0.717) is 5.69 Å². The maximum atomic E-state index is 14.0. The molecule has 16 heteroatoms. The molecule has 46 heavy (non-hydrogen) atoms. The van der Waals surface area contributed by atoms with E-state index in [1.165, 1.54) is 10.5 Å². The summed E-state index contributed by atoms with van der Waals surface area (Å²) in [6.45, 7) is 0.931. The first-order valence-corrected chi connectivity index (χ1v) is 14.9. The number of imidazole rings is 1. The van der Waals surface area contributed by atoms with E-state index in [2.05, 4.69) is 25.6 Å². The van der Waals surface area contributed by atoms with Crippen LogP contribution in [-0.2, 0) is 11.2 Å². The summed E-state index contributed by atoms with van der Waals surface area (Å²) in [5.74, 6) is -6.53. The fourth-order valence-corrected chi connectivity index (χ4v) is 5.69. The zero-order chi connectivity index (χ0) is 33.4. The minimum absolute atomic E-state index is 0.0203. The number of halogens is 8. The van der Waals surface area contributed by atoms with Crippen molar-refractivity contribution in [1.29, 1.82) is 0 Å². The summed E-state index contributed by atoms with van der Waals surface area (Å²) < 4.78 is 107. The fraction of sp³-hybridized carbons (Fsp3) is 0.567. The van der Waals surface area contributed by atoms with E-state index in [-0.39, 0.29) is 41.5 Å². The van der Waals surface area contributed by atoms with E-state index in [1.54, 1.807) is 18.5 Å². The molecule has 0 saturated heterocycles. The van der Waals surface area contributed by atoms with Crippen molar-refractivity contribution in [3.63, 3.8) is 0 Å². The van der Waals surface area contributed by atoms with Gasteiger partial charge in [-0.2, -0.15) is 26.3 Å². The molecule has 0 unspecified atom stereocenters. The van der Waals surface area contributed by atoms with Gasteiger partial charge in [0.2, 0.25) is 17.6 Å². The van der Waals surface area contributed by atoms with Gasteiger partial charge in [0.15, 0.2) is 0 Å². The van der Waals surface area contributed by atoms with Gasteiger partial charge < -0.3 is 10.6 Å². The number of hydrogen-bond acceptors (Lipinski definition) is 5. The SMILES string of the molecule is C[C@@H](CC(=O)N[C@H](c1ccn2cc([C@@H](NC(=O)c3ccnc(CC(F)(F)F)c3)C3CCC(F)(F)CC3)nc2n1)C1CC1)C(F)(F)F. The van der Waals surface area contributed by atoms with Crippen LogP contribution >= 0.6 is 0 Å². The summed E-state index contributed by atoms with van der Waals surface area (Å²) in [5, 5.41) is 5.45. The molecule has 5 rings (SSSR count). The summed E-state index contributed by atoms with van der Waals surface area (Å²) in [6, 6.07) is 2.33. The zero-order valence-corrected chi connectivity index (χ0v) is 24.6. The molecule has 3 aromatic heterocycles. The summed E-state index contributed by atoms with van der Waals surface area (Å²) >= 11 is 0. The second-order valence-electron chi connectivity index (χ2n) is 12.2. The molecule has 0 aromatic carbocycles. The van der Waals surface area contributed by atoms with Crippen LogP contribution in [-0.4, -0.2) is 49.4 Å². The summed E-state index contributed by atoms with van der Waals surface area (Å²) in [6.07, 6.45) is -6.14. The lowest BCUT2D eigenvalue weighted by Crippen LogP contribution is -2.37. The second-order valence-corrected chi connectivity index (χ2v) is 12.2. The molecule has 0 radical (unpaired) electrons. The Balaban J connectivity index is 1.40. The van der Waals surface area contributed by atoms with Crippen LogP contribution in [0.4, 0.5) is 35.1 Å². The average molecular weight is 661 g/mol. The third-order valence-corrected chi connectivity index (χ3v) is 8.44. The van der Waals surface area contributed by atoms with Crippen molar-refractivity contribution < 1.29 is 44.7 Å². The standard InChI is InChI=1S/C30H32F8N6O2/c1-16(30(36,37)38)12-23(45)42-24(17-2-3-17)21-7-11-44-15-22(41-27(44)40-21)25(18-4-8-28(31,32)9-5-18)43-26(46)19-6-10-39-20(13-19)14-29(33,34)35/h6-7,10-11,13,15-18,24-25H,2-5,8-9,12,14H2,1H3,(H,42,45)(H,43,46)/t16-,24-,25-/m0/s1. The monoisotopic (exact) mass is 660 g/mol. The van der Waals surface area contributed by atoms with Crippen molar-refractivity contribution in [1.82, 2.24) is 30.0 Å². The molecule has 2 saturated carbocycles. The normalized spacial score (nSPS) is 19.4. The van der Waals surface area contributed by atoms with Gasteiger partial charge in [0.05, 0.1) is 41.5 Å². The fourth-order valence-electron chi connectivity index (χ4n) is 5.69. The van der Waals surface area contributed by atoms with Crippen LogP contribution in [0, 0.1) is 17.8 Å². The Morgan fingerprint density at radius 2 is 1.59 bits per heavy atom. The lowest BCUT2D eigenvalue weighted by atomic mass is 9.81. The molecule has 3 aromatic rings. The first-order chi connectivity index (χ1) is 21.5. The first kappa shape index (κ1) is 33.5. The molecular formula is C30H32F8N6O2. The number of amides is 2. The molecule has 2 fully saturated rings. The largest absolute Gasteiger partial charge is 0.394 e. The highest BCUT2D eigenvalue weighted by Gasteiger charge is 2.41. The Morgan fingerprint density at radius 1 is 0.957 bits per heavy atom. The average Bonchev–Trinajstić information content (AvgIpc) is 3.71. The Hall–Kier alpha value is -3.85. The van der Waals surface area contributed by atoms with Gasteiger partial charge >= 0.3 is 12.4 Å². The summed E-state index contributed by atoms with van der Waals surface area (Å²) in [5.41, 5.74) is 0.215. The van der Waals surface area contributed by atoms with E-state index in [4.69, 9.17) is 0 Å². The van der Waals surface area contributed by atoms with E-state index >= 15 is 0 Å². The number of carbonyl (C=O) groups is 2. The predicted molar refractivity (Wildman–Crippen MR) is 148 cm³/mol. The molecule has 2 aliphatic rings. The van der Waals surface area contributed by atoms with Gasteiger partial charge in [0.1, 0.15) is 0 Å². The van der Waals surface area contributed by atoms with E-state index in [1.807, 2.05) is 0 Å². The summed E-state index contributed by atoms with van der Waals surface area (Å²) in [7, 11) is 0. The molecule has 2 N–H and O–H groups in total. The Morgan fingerprint density at radius 3 is 2.22 bits per heavy atom. The molecule has 8 nitrogen and oxygen atoms in total. The Labute approximate surface area is 258 Å². The van der Waals surface area contributed by atoms with Crippen LogP contribution in [0.25, 0.3) is 5.78 Å². The minimum atomic E-state index is -4.54. The maximum absolute atomic E-state index is 14.0. The number of nitrogens with one attached hydrogen (secondary N) is 2. The first-order valence-electron chi connectivity index (χ1n) is 14.9. The number of aromatic nitrogens is 4. The number of fused-ring (bicyclic) bond motifs is 1. The van der Waals surface area contributed by atoms with Crippen molar-refractivity contribution in [2.24, 2.45) is 17.8 Å². The Bertz CT molecular complexity index is 1560. The van der Waals surface area contributed by atoms with E-state index in [9.17, 15) is 44.7 Å². The van der Waals surface area contributed by atoms with E-state index < -0.39 is 79.7 Å². The van der Waals surface area contributed by atoms with Crippen LogP contribution < -0.4 is 10.6 Å². The molecule has 250 valence electrons. The third kappa shape index (κ3) is 8.49. The van der Waals surface area contributed by atoms with Crippen molar-refractivity contribution in [2.45, 2.75) is 88.6 Å². The molecule has 0 bridgehead atoms. The third-order valence-electron chi connectivity index (χ3n) is 8.44. The Kier molecular flexibility index (Phi) is 9.28. The van der Waals surface area contributed by atoms with Gasteiger partial charge in [-0.3, -0.25) is 19.0 Å². The minimum Gasteiger partial charge on any atom is -0.347 e. The van der Waals surface area contributed by atoms with E-state index in [0.717, 1.165) is 32.0 Å². The molecule has 2 amide bonds. The van der Waals surface area contributed by atoms with Crippen LogP contribution in [0.1, 0.15) is 91.4 Å². The number of nitrogens with zero attached hydrogens (tertiary/aromatic N) is 4.